The second-order valence-electron chi connectivity index (χ2n) is 4.21. The molecule has 10 heteroatoms. The van der Waals surface area contributed by atoms with Crippen LogP contribution in [-0.2, 0) is 25.7 Å². The largest absolute Gasteiger partial charge is 0.465 e. The fourth-order valence-electron chi connectivity index (χ4n) is 1.53. The molecule has 5 nitrogen and oxygen atoms in total. The first-order valence-electron chi connectivity index (χ1n) is 5.99. The molecule has 0 radical (unpaired) electrons. The molecule has 0 aromatic heterocycles. The fraction of sp³-hybridized carbons (Fsp3) is 0.417. The number of rotatable bonds is 5. The maximum Gasteiger partial charge on any atom is 0.416 e. The Bertz CT molecular complexity index is 661. The summed E-state index contributed by atoms with van der Waals surface area (Å²) in [5, 5.41) is -0.578. The van der Waals surface area contributed by atoms with Crippen LogP contribution in [0.5, 0.6) is 0 Å². The van der Waals surface area contributed by atoms with E-state index in [1.807, 2.05) is 0 Å². The summed E-state index contributed by atoms with van der Waals surface area (Å²) in [6, 6.07) is 1.88. The van der Waals surface area contributed by atoms with Gasteiger partial charge in [-0.1, -0.05) is 11.6 Å². The molecule has 0 aliphatic rings. The number of sulfonamides is 1. The Hall–Kier alpha value is -1.32. The third-order valence-corrected chi connectivity index (χ3v) is 4.89. The lowest BCUT2D eigenvalue weighted by molar-refractivity contribution is -0.143. The molecule has 0 unspecified atom stereocenters. The number of hydrogen-bond acceptors (Lipinski definition) is 4. The highest BCUT2D eigenvalue weighted by Crippen LogP contribution is 2.34. The van der Waals surface area contributed by atoms with Gasteiger partial charge in [-0.15, -0.1) is 0 Å². The predicted molar refractivity (Wildman–Crippen MR) is 72.9 cm³/mol. The highest BCUT2D eigenvalue weighted by molar-refractivity contribution is 7.89. The monoisotopic (exact) mass is 359 g/mol. The molecule has 0 spiro atoms. The number of alkyl halides is 3. The average molecular weight is 360 g/mol. The molecule has 22 heavy (non-hydrogen) atoms. The minimum atomic E-state index is -4.64. The molecule has 0 N–H and O–H groups in total. The number of hydrogen-bond donors (Lipinski definition) is 0. The zero-order valence-corrected chi connectivity index (χ0v) is 13.2. The van der Waals surface area contributed by atoms with E-state index in [0.717, 1.165) is 13.1 Å². The topological polar surface area (TPSA) is 63.7 Å². The van der Waals surface area contributed by atoms with Gasteiger partial charge in [-0.25, -0.2) is 8.42 Å². The van der Waals surface area contributed by atoms with Gasteiger partial charge in [0.15, 0.2) is 0 Å². The molecule has 0 fully saturated rings. The van der Waals surface area contributed by atoms with Crippen LogP contribution < -0.4 is 0 Å². The number of carbonyl (C=O) groups is 1. The highest BCUT2D eigenvalue weighted by atomic mass is 35.5. The Balaban J connectivity index is 3.10. The van der Waals surface area contributed by atoms with Crippen molar-refractivity contribution in [1.82, 2.24) is 4.31 Å². The van der Waals surface area contributed by atoms with Crippen LogP contribution in [0.25, 0.3) is 0 Å². The summed E-state index contributed by atoms with van der Waals surface area (Å²) in [6.45, 7) is 1.06. The van der Waals surface area contributed by atoms with E-state index in [9.17, 15) is 26.4 Å². The van der Waals surface area contributed by atoms with E-state index in [0.29, 0.717) is 16.4 Å². The Labute approximate surface area is 130 Å². The van der Waals surface area contributed by atoms with Gasteiger partial charge in [0.05, 0.1) is 17.2 Å². The van der Waals surface area contributed by atoms with E-state index in [1.165, 1.54) is 0 Å². The van der Waals surface area contributed by atoms with E-state index in [4.69, 9.17) is 11.6 Å². The molecule has 0 amide bonds. The van der Waals surface area contributed by atoms with E-state index in [1.54, 1.807) is 6.92 Å². The number of benzene rings is 1. The van der Waals surface area contributed by atoms with Gasteiger partial charge in [-0.2, -0.15) is 17.5 Å². The highest BCUT2D eigenvalue weighted by Gasteiger charge is 2.33. The van der Waals surface area contributed by atoms with Crippen LogP contribution in [0.4, 0.5) is 13.2 Å². The molecule has 1 aromatic rings. The summed E-state index contributed by atoms with van der Waals surface area (Å²) in [5.41, 5.74) is -1.07. The quantitative estimate of drug-likeness (QED) is 0.758. The Morgan fingerprint density at radius 1 is 1.36 bits per heavy atom. The molecule has 0 saturated heterocycles. The molecule has 1 aromatic carbocycles. The molecule has 0 atom stereocenters. The second-order valence-corrected chi connectivity index (χ2v) is 6.63. The third-order valence-electron chi connectivity index (χ3n) is 2.60. The number of halogens is 4. The average Bonchev–Trinajstić information content (AvgIpc) is 2.37. The fourth-order valence-corrected chi connectivity index (χ4v) is 3.16. The van der Waals surface area contributed by atoms with Crippen molar-refractivity contribution in [1.29, 1.82) is 0 Å². The van der Waals surface area contributed by atoms with Gasteiger partial charge in [-0.3, -0.25) is 4.79 Å². The minimum Gasteiger partial charge on any atom is -0.465 e. The first-order chi connectivity index (χ1) is 10.00. The van der Waals surface area contributed by atoms with Gasteiger partial charge in [0.1, 0.15) is 11.4 Å². The van der Waals surface area contributed by atoms with Gasteiger partial charge < -0.3 is 4.74 Å². The van der Waals surface area contributed by atoms with Crippen LogP contribution in [0.1, 0.15) is 12.5 Å². The summed E-state index contributed by atoms with van der Waals surface area (Å²) in [5.74, 6) is -0.781. The normalized spacial score (nSPS) is 12.5. The van der Waals surface area contributed by atoms with Crippen LogP contribution >= 0.6 is 11.6 Å². The van der Waals surface area contributed by atoms with Gasteiger partial charge >= 0.3 is 12.1 Å². The molecule has 0 saturated carbocycles. The van der Waals surface area contributed by atoms with Crippen molar-refractivity contribution in [2.45, 2.75) is 18.0 Å². The Kier molecular flexibility index (Phi) is 5.82. The molecule has 0 aliphatic carbocycles. The van der Waals surface area contributed by atoms with Gasteiger partial charge in [0, 0.05) is 7.05 Å². The maximum atomic E-state index is 12.5. The van der Waals surface area contributed by atoms with Crippen molar-refractivity contribution in [3.63, 3.8) is 0 Å². The molecule has 124 valence electrons. The number of likely N-dealkylation sites (N-methyl/N-ethyl adjacent to an activating group) is 1. The predicted octanol–water partition coefficient (Wildman–Crippen LogP) is 2.54. The smallest absolute Gasteiger partial charge is 0.416 e. The van der Waals surface area contributed by atoms with Crippen LogP contribution in [0.3, 0.4) is 0 Å². The first kappa shape index (κ1) is 18.7. The number of carbonyl (C=O) groups excluding carboxylic acids is 1. The van der Waals surface area contributed by atoms with Crippen molar-refractivity contribution in [3.8, 4) is 0 Å². The van der Waals surface area contributed by atoms with Crippen molar-refractivity contribution in [2.24, 2.45) is 0 Å². The zero-order valence-electron chi connectivity index (χ0n) is 11.6. The Morgan fingerprint density at radius 2 is 1.95 bits per heavy atom. The number of ether oxygens (including phenoxy) is 1. The van der Waals surface area contributed by atoms with Crippen molar-refractivity contribution >= 4 is 27.6 Å². The standard InChI is InChI=1S/C12H13ClF3NO4S/c1-3-21-11(18)7-17(2)22(19,20)10-5-4-8(6-9(10)13)12(14,15)16/h4-6H,3,7H2,1-2H3. The van der Waals surface area contributed by atoms with E-state index in [2.05, 4.69) is 4.74 Å². The van der Waals surface area contributed by atoms with Crippen molar-refractivity contribution in [2.75, 3.05) is 20.2 Å². The van der Waals surface area contributed by atoms with E-state index < -0.39 is 44.2 Å². The lowest BCUT2D eigenvalue weighted by Gasteiger charge is -2.17. The van der Waals surface area contributed by atoms with Gasteiger partial charge in [0.25, 0.3) is 0 Å². The SMILES string of the molecule is CCOC(=O)CN(C)S(=O)(=O)c1ccc(C(F)(F)F)cc1Cl. The molecule has 0 bridgehead atoms. The summed E-state index contributed by atoms with van der Waals surface area (Å²) in [6.07, 6.45) is -4.64. The van der Waals surface area contributed by atoms with Crippen molar-refractivity contribution < 1.29 is 31.1 Å². The van der Waals surface area contributed by atoms with Crippen molar-refractivity contribution in [3.05, 3.63) is 28.8 Å². The lowest BCUT2D eigenvalue weighted by atomic mass is 10.2. The van der Waals surface area contributed by atoms with Crippen LogP contribution in [0.15, 0.2) is 23.1 Å². The van der Waals surface area contributed by atoms with Crippen LogP contribution in [0.2, 0.25) is 5.02 Å². The summed E-state index contributed by atoms with van der Waals surface area (Å²) in [4.78, 5) is 10.8. The third kappa shape index (κ3) is 4.34. The lowest BCUT2D eigenvalue weighted by Crippen LogP contribution is -2.33. The van der Waals surface area contributed by atoms with Gasteiger partial charge in [0.2, 0.25) is 10.0 Å². The maximum absolute atomic E-state index is 12.5. The molecular weight excluding hydrogens is 347 g/mol. The number of nitrogens with zero attached hydrogens (tertiary/aromatic N) is 1. The van der Waals surface area contributed by atoms with E-state index >= 15 is 0 Å². The van der Waals surface area contributed by atoms with Crippen LogP contribution in [0, 0.1) is 0 Å². The summed E-state index contributed by atoms with van der Waals surface area (Å²) < 4.78 is 67.3. The summed E-state index contributed by atoms with van der Waals surface area (Å²) in [7, 11) is -3.11. The minimum absolute atomic E-state index is 0.0771. The molecular formula is C12H13ClF3NO4S. The molecule has 1 rings (SSSR count). The first-order valence-corrected chi connectivity index (χ1v) is 7.80. The second kappa shape index (κ2) is 6.84. The molecule has 0 heterocycles. The summed E-state index contributed by atoms with van der Waals surface area (Å²) >= 11 is 5.64. The van der Waals surface area contributed by atoms with Gasteiger partial charge in [-0.05, 0) is 25.1 Å². The Morgan fingerprint density at radius 3 is 2.41 bits per heavy atom. The molecule has 0 aliphatic heterocycles. The zero-order chi connectivity index (χ0) is 17.1. The number of esters is 1. The van der Waals surface area contributed by atoms with E-state index in [-0.39, 0.29) is 6.61 Å². The van der Waals surface area contributed by atoms with Crippen LogP contribution in [-0.4, -0.2) is 38.9 Å².